The Morgan fingerprint density at radius 1 is 0.842 bits per heavy atom. The molecule has 2 aromatic carbocycles. The van der Waals surface area contributed by atoms with E-state index in [9.17, 15) is 0 Å². The van der Waals surface area contributed by atoms with Crippen molar-refractivity contribution in [2.24, 2.45) is 0 Å². The highest BCUT2D eigenvalue weighted by Crippen LogP contribution is 2.17. The second-order valence-electron chi connectivity index (χ2n) is 5.71. The zero-order valence-corrected chi connectivity index (χ0v) is 12.9. The lowest BCUT2D eigenvalue weighted by molar-refractivity contribution is 1.28. The third-order valence-corrected chi connectivity index (χ3v) is 3.72. The molecule has 0 bridgehead atoms. The fourth-order valence-corrected chi connectivity index (χ4v) is 2.95. The molecule has 0 atom stereocenters. The number of nitrogens with one attached hydrogen (secondary N) is 1. The molecule has 0 saturated carbocycles. The third-order valence-electron chi connectivity index (χ3n) is 2.71. The van der Waals surface area contributed by atoms with E-state index in [1.54, 1.807) is 0 Å². The standard InChI is InChI=1S/C17H21NSi/c1-19(2,3)18-17(16-12-8-5-9-13-16)14-15-10-6-4-7-11-15/h4-14,18H,1-3H3/b17-14-. The molecule has 2 aromatic rings. The summed E-state index contributed by atoms with van der Waals surface area (Å²) in [5.74, 6) is 0. The van der Waals surface area contributed by atoms with Crippen molar-refractivity contribution in [3.05, 3.63) is 71.8 Å². The Kier molecular flexibility index (Phi) is 4.22. The molecule has 0 aliphatic rings. The molecule has 0 aromatic heterocycles. The number of hydrogen-bond donors (Lipinski definition) is 1. The highest BCUT2D eigenvalue weighted by Gasteiger charge is 2.15. The van der Waals surface area contributed by atoms with E-state index in [1.165, 1.54) is 16.8 Å². The lowest BCUT2D eigenvalue weighted by atomic mass is 10.1. The Balaban J connectivity index is 2.38. The van der Waals surface area contributed by atoms with Crippen LogP contribution in [0.4, 0.5) is 0 Å². The van der Waals surface area contributed by atoms with Crippen LogP contribution in [0.2, 0.25) is 19.6 Å². The average molecular weight is 267 g/mol. The summed E-state index contributed by atoms with van der Waals surface area (Å²) in [5, 5.41) is 0. The molecule has 0 aliphatic carbocycles. The van der Waals surface area contributed by atoms with Crippen LogP contribution in [0.15, 0.2) is 60.7 Å². The van der Waals surface area contributed by atoms with Gasteiger partial charge < -0.3 is 4.98 Å². The third kappa shape index (κ3) is 4.41. The Morgan fingerprint density at radius 3 is 1.89 bits per heavy atom. The summed E-state index contributed by atoms with van der Waals surface area (Å²) in [4.78, 5) is 3.72. The normalized spacial score (nSPS) is 12.3. The maximum absolute atomic E-state index is 3.72. The van der Waals surface area contributed by atoms with Gasteiger partial charge in [-0.1, -0.05) is 80.3 Å². The summed E-state index contributed by atoms with van der Waals surface area (Å²) in [6, 6.07) is 21.0. The van der Waals surface area contributed by atoms with E-state index in [2.05, 4.69) is 85.3 Å². The van der Waals surface area contributed by atoms with Crippen LogP contribution in [-0.4, -0.2) is 8.24 Å². The first-order valence-corrected chi connectivity index (χ1v) is 10.1. The molecule has 0 radical (unpaired) electrons. The molecule has 0 fully saturated rings. The second-order valence-corrected chi connectivity index (χ2v) is 10.5. The fraction of sp³-hybridized carbons (Fsp3) is 0.176. The van der Waals surface area contributed by atoms with Crippen molar-refractivity contribution in [1.82, 2.24) is 4.98 Å². The van der Waals surface area contributed by atoms with Gasteiger partial charge in [0, 0.05) is 5.70 Å². The largest absolute Gasteiger partial charge is 0.410 e. The summed E-state index contributed by atoms with van der Waals surface area (Å²) in [5.41, 5.74) is 3.69. The Bertz CT molecular complexity index is 538. The van der Waals surface area contributed by atoms with E-state index in [-0.39, 0.29) is 0 Å². The molecule has 0 heterocycles. The molecular formula is C17H21NSi. The predicted molar refractivity (Wildman–Crippen MR) is 87.2 cm³/mol. The smallest absolute Gasteiger partial charge is 0.144 e. The Hall–Kier alpha value is -1.80. The molecule has 0 saturated heterocycles. The van der Waals surface area contributed by atoms with Crippen LogP contribution >= 0.6 is 0 Å². The van der Waals surface area contributed by atoms with Gasteiger partial charge in [-0.3, -0.25) is 0 Å². The number of hydrogen-bond acceptors (Lipinski definition) is 1. The van der Waals surface area contributed by atoms with Crippen LogP contribution in [-0.2, 0) is 0 Å². The average Bonchev–Trinajstić information content (AvgIpc) is 2.39. The summed E-state index contributed by atoms with van der Waals surface area (Å²) in [6.45, 7) is 6.94. The van der Waals surface area contributed by atoms with Gasteiger partial charge in [0.1, 0.15) is 8.24 Å². The lowest BCUT2D eigenvalue weighted by Gasteiger charge is -2.22. The van der Waals surface area contributed by atoms with Crippen molar-refractivity contribution in [2.75, 3.05) is 0 Å². The van der Waals surface area contributed by atoms with Crippen LogP contribution in [0.1, 0.15) is 11.1 Å². The first kappa shape index (κ1) is 13.6. The Labute approximate surface area is 117 Å². The lowest BCUT2D eigenvalue weighted by Crippen LogP contribution is -2.39. The van der Waals surface area contributed by atoms with Gasteiger partial charge in [-0.05, 0) is 17.2 Å². The molecular weight excluding hydrogens is 246 g/mol. The van der Waals surface area contributed by atoms with Gasteiger partial charge in [0.25, 0.3) is 0 Å². The van der Waals surface area contributed by atoms with Gasteiger partial charge in [0.2, 0.25) is 0 Å². The van der Waals surface area contributed by atoms with Gasteiger partial charge >= 0.3 is 0 Å². The van der Waals surface area contributed by atoms with Crippen LogP contribution in [0.25, 0.3) is 11.8 Å². The fourth-order valence-electron chi connectivity index (χ4n) is 1.93. The summed E-state index contributed by atoms with van der Waals surface area (Å²) in [6.07, 6.45) is 2.23. The Morgan fingerprint density at radius 2 is 1.37 bits per heavy atom. The van der Waals surface area contributed by atoms with Gasteiger partial charge in [0.05, 0.1) is 0 Å². The van der Waals surface area contributed by atoms with Crippen molar-refractivity contribution >= 4 is 20.0 Å². The number of rotatable bonds is 4. The van der Waals surface area contributed by atoms with Crippen molar-refractivity contribution in [2.45, 2.75) is 19.6 Å². The molecule has 0 unspecified atom stereocenters. The van der Waals surface area contributed by atoms with E-state index in [4.69, 9.17) is 0 Å². The van der Waals surface area contributed by atoms with Crippen molar-refractivity contribution in [3.8, 4) is 0 Å². The molecule has 0 spiro atoms. The highest BCUT2D eigenvalue weighted by molar-refractivity contribution is 6.74. The van der Waals surface area contributed by atoms with Crippen molar-refractivity contribution in [3.63, 3.8) is 0 Å². The van der Waals surface area contributed by atoms with E-state index < -0.39 is 8.24 Å². The molecule has 19 heavy (non-hydrogen) atoms. The predicted octanol–water partition coefficient (Wildman–Crippen LogP) is 4.61. The minimum absolute atomic E-state index is 1.21. The van der Waals surface area contributed by atoms with Gasteiger partial charge in [-0.2, -0.15) is 0 Å². The van der Waals surface area contributed by atoms with Gasteiger partial charge in [-0.25, -0.2) is 0 Å². The summed E-state index contributed by atoms with van der Waals surface area (Å²) >= 11 is 0. The number of benzene rings is 2. The van der Waals surface area contributed by atoms with Crippen LogP contribution < -0.4 is 4.98 Å². The SMILES string of the molecule is C[Si](C)(C)N/C(=C\c1ccccc1)c1ccccc1. The molecule has 2 heteroatoms. The second kappa shape index (κ2) is 5.89. The van der Waals surface area contributed by atoms with E-state index in [1.807, 2.05) is 6.07 Å². The summed E-state index contributed by atoms with van der Waals surface area (Å²) in [7, 11) is -1.38. The van der Waals surface area contributed by atoms with Gasteiger partial charge in [0.15, 0.2) is 0 Å². The van der Waals surface area contributed by atoms with Crippen molar-refractivity contribution in [1.29, 1.82) is 0 Å². The zero-order valence-electron chi connectivity index (χ0n) is 11.9. The minimum Gasteiger partial charge on any atom is -0.410 e. The molecule has 1 N–H and O–H groups in total. The van der Waals surface area contributed by atoms with Crippen molar-refractivity contribution < 1.29 is 0 Å². The maximum atomic E-state index is 3.72. The molecule has 0 aliphatic heterocycles. The molecule has 0 amide bonds. The minimum atomic E-state index is -1.38. The van der Waals surface area contributed by atoms with Gasteiger partial charge in [-0.15, -0.1) is 0 Å². The molecule has 2 rings (SSSR count). The molecule has 1 nitrogen and oxygen atoms in total. The van der Waals surface area contributed by atoms with E-state index in [0.29, 0.717) is 0 Å². The highest BCUT2D eigenvalue weighted by atomic mass is 28.3. The first-order valence-electron chi connectivity index (χ1n) is 6.65. The maximum Gasteiger partial charge on any atom is 0.144 e. The monoisotopic (exact) mass is 267 g/mol. The first-order chi connectivity index (χ1) is 9.04. The van der Waals surface area contributed by atoms with E-state index >= 15 is 0 Å². The molecule has 98 valence electrons. The summed E-state index contributed by atoms with van der Waals surface area (Å²) < 4.78 is 0. The van der Waals surface area contributed by atoms with Crippen LogP contribution in [0.3, 0.4) is 0 Å². The quantitative estimate of drug-likeness (QED) is 0.630. The zero-order chi connectivity index (χ0) is 13.7. The van der Waals surface area contributed by atoms with E-state index in [0.717, 1.165) is 0 Å². The van der Waals surface area contributed by atoms with Crippen LogP contribution in [0, 0.1) is 0 Å². The topological polar surface area (TPSA) is 12.0 Å². The van der Waals surface area contributed by atoms with Crippen LogP contribution in [0.5, 0.6) is 0 Å².